The number of phenolic OH excluding ortho intramolecular Hbond substituents is 2. The lowest BCUT2D eigenvalue weighted by atomic mass is 9.77. The van der Waals surface area contributed by atoms with Gasteiger partial charge in [-0.25, -0.2) is 8.78 Å². The van der Waals surface area contributed by atoms with E-state index >= 15 is 0 Å². The molecule has 0 atom stereocenters. The second-order valence-electron chi connectivity index (χ2n) is 4.95. The molecule has 0 aliphatic rings. The quantitative estimate of drug-likeness (QED) is 0.868. The summed E-state index contributed by atoms with van der Waals surface area (Å²) in [7, 11) is 0. The van der Waals surface area contributed by atoms with Crippen molar-refractivity contribution in [2.45, 2.75) is 19.3 Å². The highest BCUT2D eigenvalue weighted by atomic mass is 19.1. The van der Waals surface area contributed by atoms with Crippen LogP contribution in [0.4, 0.5) is 8.78 Å². The fourth-order valence-electron chi connectivity index (χ4n) is 2.16. The van der Waals surface area contributed by atoms with Gasteiger partial charge in [-0.1, -0.05) is 13.8 Å². The Hall–Kier alpha value is -2.10. The monoisotopic (exact) mass is 264 g/mol. The molecular weight excluding hydrogens is 250 g/mol. The summed E-state index contributed by atoms with van der Waals surface area (Å²) in [5.74, 6) is -1.21. The lowest BCUT2D eigenvalue weighted by Crippen LogP contribution is -2.19. The molecule has 0 fully saturated rings. The fraction of sp³-hybridized carbons (Fsp3) is 0.200. The van der Waals surface area contributed by atoms with Crippen LogP contribution in [0.1, 0.15) is 25.0 Å². The van der Waals surface area contributed by atoms with E-state index in [2.05, 4.69) is 0 Å². The van der Waals surface area contributed by atoms with Crippen LogP contribution < -0.4 is 0 Å². The predicted molar refractivity (Wildman–Crippen MR) is 68.3 cm³/mol. The molecule has 2 aromatic rings. The minimum Gasteiger partial charge on any atom is -0.508 e. The van der Waals surface area contributed by atoms with Crippen LogP contribution in [0.5, 0.6) is 11.5 Å². The summed E-state index contributed by atoms with van der Waals surface area (Å²) in [6, 6.07) is 7.12. The van der Waals surface area contributed by atoms with Crippen LogP contribution in [0.3, 0.4) is 0 Å². The summed E-state index contributed by atoms with van der Waals surface area (Å²) in [5, 5.41) is 19.7. The van der Waals surface area contributed by atoms with Crippen molar-refractivity contribution in [1.29, 1.82) is 0 Å². The Kier molecular flexibility index (Phi) is 3.18. The topological polar surface area (TPSA) is 40.5 Å². The first-order chi connectivity index (χ1) is 8.82. The summed E-state index contributed by atoms with van der Waals surface area (Å²) >= 11 is 0. The molecule has 0 saturated carbocycles. The second-order valence-corrected chi connectivity index (χ2v) is 4.95. The first-order valence-electron chi connectivity index (χ1n) is 5.80. The van der Waals surface area contributed by atoms with Crippen molar-refractivity contribution in [3.8, 4) is 11.5 Å². The highest BCUT2D eigenvalue weighted by Crippen LogP contribution is 2.40. The fourth-order valence-corrected chi connectivity index (χ4v) is 2.16. The van der Waals surface area contributed by atoms with Gasteiger partial charge in [-0.05, 0) is 36.4 Å². The van der Waals surface area contributed by atoms with Gasteiger partial charge in [0.25, 0.3) is 0 Å². The van der Waals surface area contributed by atoms with Crippen molar-refractivity contribution in [2.24, 2.45) is 0 Å². The van der Waals surface area contributed by atoms with E-state index in [1.165, 1.54) is 24.3 Å². The lowest BCUT2D eigenvalue weighted by molar-refractivity contribution is 0.431. The zero-order valence-electron chi connectivity index (χ0n) is 10.6. The highest BCUT2D eigenvalue weighted by molar-refractivity contribution is 5.49. The molecule has 2 rings (SSSR count). The summed E-state index contributed by atoms with van der Waals surface area (Å²) < 4.78 is 26.7. The van der Waals surface area contributed by atoms with Gasteiger partial charge in [0.2, 0.25) is 0 Å². The molecule has 0 aromatic heterocycles. The molecule has 4 heteroatoms. The molecule has 0 unspecified atom stereocenters. The van der Waals surface area contributed by atoms with Crippen molar-refractivity contribution < 1.29 is 19.0 Å². The molecule has 0 saturated heterocycles. The van der Waals surface area contributed by atoms with E-state index in [0.717, 1.165) is 12.1 Å². The molecule has 2 aromatic carbocycles. The molecule has 0 amide bonds. The zero-order chi connectivity index (χ0) is 14.2. The van der Waals surface area contributed by atoms with Gasteiger partial charge in [-0.15, -0.1) is 0 Å². The van der Waals surface area contributed by atoms with Crippen molar-refractivity contribution in [2.75, 3.05) is 0 Å². The van der Waals surface area contributed by atoms with Gasteiger partial charge in [0.05, 0.1) is 0 Å². The van der Waals surface area contributed by atoms with Crippen molar-refractivity contribution in [3.63, 3.8) is 0 Å². The maximum Gasteiger partial charge on any atom is 0.123 e. The van der Waals surface area contributed by atoms with E-state index in [1.54, 1.807) is 13.8 Å². The van der Waals surface area contributed by atoms with E-state index in [-0.39, 0.29) is 22.6 Å². The van der Waals surface area contributed by atoms with Crippen LogP contribution in [0.2, 0.25) is 0 Å². The third-order valence-corrected chi connectivity index (χ3v) is 3.26. The number of rotatable bonds is 2. The number of benzene rings is 2. The first-order valence-corrected chi connectivity index (χ1v) is 5.80. The maximum absolute atomic E-state index is 13.3. The number of aromatic hydroxyl groups is 2. The second kappa shape index (κ2) is 4.53. The Labute approximate surface area is 110 Å². The molecule has 0 spiro atoms. The van der Waals surface area contributed by atoms with E-state index in [9.17, 15) is 19.0 Å². The van der Waals surface area contributed by atoms with Gasteiger partial charge < -0.3 is 10.2 Å². The zero-order valence-corrected chi connectivity index (χ0v) is 10.6. The smallest absolute Gasteiger partial charge is 0.123 e. The average Bonchev–Trinajstić information content (AvgIpc) is 2.35. The summed E-state index contributed by atoms with van der Waals surface area (Å²) in [4.78, 5) is 0. The minimum absolute atomic E-state index is 0.102. The summed E-state index contributed by atoms with van der Waals surface area (Å²) in [6.45, 7) is 3.35. The molecule has 2 N–H and O–H groups in total. The van der Waals surface area contributed by atoms with Crippen LogP contribution >= 0.6 is 0 Å². The van der Waals surface area contributed by atoms with Gasteiger partial charge >= 0.3 is 0 Å². The van der Waals surface area contributed by atoms with Crippen LogP contribution in [0.25, 0.3) is 0 Å². The van der Waals surface area contributed by atoms with Crippen LogP contribution in [-0.2, 0) is 5.41 Å². The Morgan fingerprint density at radius 2 is 1.16 bits per heavy atom. The van der Waals surface area contributed by atoms with Gasteiger partial charge in [0.1, 0.15) is 23.1 Å². The average molecular weight is 264 g/mol. The minimum atomic E-state index is -0.932. The van der Waals surface area contributed by atoms with Gasteiger partial charge in [-0.3, -0.25) is 0 Å². The van der Waals surface area contributed by atoms with Gasteiger partial charge in [0, 0.05) is 16.5 Å². The van der Waals surface area contributed by atoms with Crippen molar-refractivity contribution >= 4 is 0 Å². The lowest BCUT2D eigenvalue weighted by Gasteiger charge is -2.27. The summed E-state index contributed by atoms with van der Waals surface area (Å²) in [5.41, 5.74) is -0.361. The van der Waals surface area contributed by atoms with Gasteiger partial charge in [0.15, 0.2) is 0 Å². The van der Waals surface area contributed by atoms with E-state index in [0.29, 0.717) is 0 Å². The number of hydrogen-bond acceptors (Lipinski definition) is 2. The number of hydrogen-bond donors (Lipinski definition) is 2. The van der Waals surface area contributed by atoms with Crippen LogP contribution in [0, 0.1) is 11.6 Å². The van der Waals surface area contributed by atoms with E-state index in [1.807, 2.05) is 0 Å². The molecule has 0 heterocycles. The van der Waals surface area contributed by atoms with Crippen LogP contribution in [0.15, 0.2) is 36.4 Å². The van der Waals surface area contributed by atoms with Gasteiger partial charge in [-0.2, -0.15) is 0 Å². The Morgan fingerprint density at radius 3 is 1.53 bits per heavy atom. The highest BCUT2D eigenvalue weighted by Gasteiger charge is 2.29. The Bertz CT molecular complexity index is 568. The van der Waals surface area contributed by atoms with E-state index in [4.69, 9.17) is 0 Å². The molecule has 0 bridgehead atoms. The SMILES string of the molecule is CC(C)(c1cc(F)ccc1O)c1cc(F)ccc1O. The number of halogens is 2. The summed E-state index contributed by atoms with van der Waals surface area (Å²) in [6.07, 6.45) is 0. The standard InChI is InChI=1S/C15H14F2O2/c1-15(2,11-7-9(16)3-5-13(11)18)12-8-10(17)4-6-14(12)19/h3-8,18-19H,1-2H3. The largest absolute Gasteiger partial charge is 0.508 e. The number of phenols is 2. The molecule has 0 aliphatic heterocycles. The third kappa shape index (κ3) is 2.38. The maximum atomic E-state index is 13.3. The van der Waals surface area contributed by atoms with Crippen molar-refractivity contribution in [3.05, 3.63) is 59.2 Å². The third-order valence-electron chi connectivity index (χ3n) is 3.26. The molecular formula is C15H14F2O2. The Morgan fingerprint density at radius 1 is 0.789 bits per heavy atom. The van der Waals surface area contributed by atoms with Crippen LogP contribution in [-0.4, -0.2) is 10.2 Å². The van der Waals surface area contributed by atoms with Crippen molar-refractivity contribution in [1.82, 2.24) is 0 Å². The molecule has 0 radical (unpaired) electrons. The molecule has 100 valence electrons. The van der Waals surface area contributed by atoms with E-state index < -0.39 is 17.0 Å². The molecule has 2 nitrogen and oxygen atoms in total. The first kappa shape index (κ1) is 13.3. The predicted octanol–water partition coefficient (Wildman–Crippen LogP) is 3.70. The molecule has 19 heavy (non-hydrogen) atoms. The normalized spacial score (nSPS) is 11.6. The Balaban J connectivity index is 2.64. The molecule has 0 aliphatic carbocycles.